The highest BCUT2D eigenvalue weighted by atomic mass is 16.6. The van der Waals surface area contributed by atoms with Crippen LogP contribution >= 0.6 is 0 Å². The molecule has 3 rings (SSSR count). The lowest BCUT2D eigenvalue weighted by molar-refractivity contribution is -0.157. The number of benzene rings is 2. The molecular formula is C22H22O6. The van der Waals surface area contributed by atoms with Gasteiger partial charge in [0.05, 0.1) is 0 Å². The van der Waals surface area contributed by atoms with E-state index in [0.29, 0.717) is 16.7 Å². The minimum Gasteiger partial charge on any atom is -0.478 e. The van der Waals surface area contributed by atoms with Gasteiger partial charge in [-0.2, -0.15) is 0 Å². The summed E-state index contributed by atoms with van der Waals surface area (Å²) in [6.45, 7) is 5.24. The van der Waals surface area contributed by atoms with Gasteiger partial charge in [-0.15, -0.1) is 0 Å². The molecule has 6 heteroatoms. The molecule has 0 bridgehead atoms. The van der Waals surface area contributed by atoms with Gasteiger partial charge in [0.25, 0.3) is 0 Å². The number of hydrogen-bond acceptors (Lipinski definition) is 6. The largest absolute Gasteiger partial charge is 0.478 e. The van der Waals surface area contributed by atoms with Crippen LogP contribution < -0.4 is 4.74 Å². The number of rotatable bonds is 6. The predicted octanol–water partition coefficient (Wildman–Crippen LogP) is 4.51. The minimum absolute atomic E-state index is 0.0687. The van der Waals surface area contributed by atoms with Crippen LogP contribution in [0, 0.1) is 0 Å². The lowest BCUT2D eigenvalue weighted by atomic mass is 10.2. The molecule has 0 atom stereocenters. The maximum atomic E-state index is 12.3. The Labute approximate surface area is 163 Å². The van der Waals surface area contributed by atoms with Crippen molar-refractivity contribution < 1.29 is 28.2 Å². The van der Waals surface area contributed by atoms with Gasteiger partial charge in [-0.25, -0.2) is 9.59 Å². The van der Waals surface area contributed by atoms with Crippen LogP contribution in [0.4, 0.5) is 0 Å². The highest BCUT2D eigenvalue weighted by Gasteiger charge is 2.19. The summed E-state index contributed by atoms with van der Waals surface area (Å²) in [6, 6.07) is 16.2. The molecule has 146 valence electrons. The maximum absolute atomic E-state index is 12.3. The highest BCUT2D eigenvalue weighted by molar-refractivity contribution is 5.94. The molecule has 0 unspecified atom stereocenters. The van der Waals surface area contributed by atoms with Crippen LogP contribution in [-0.2, 0) is 20.9 Å². The van der Waals surface area contributed by atoms with Crippen molar-refractivity contribution in [2.45, 2.75) is 33.0 Å². The van der Waals surface area contributed by atoms with E-state index in [9.17, 15) is 9.59 Å². The molecule has 0 aliphatic rings. The topological polar surface area (TPSA) is 75.0 Å². The van der Waals surface area contributed by atoms with E-state index in [1.807, 2.05) is 30.3 Å². The molecule has 6 nitrogen and oxygen atoms in total. The molecule has 0 aliphatic heterocycles. The van der Waals surface area contributed by atoms with Crippen molar-refractivity contribution in [3.05, 3.63) is 65.9 Å². The zero-order valence-electron chi connectivity index (χ0n) is 16.1. The fraction of sp³-hybridized carbons (Fsp3) is 0.273. The van der Waals surface area contributed by atoms with Gasteiger partial charge in [-0.1, -0.05) is 42.5 Å². The smallest absolute Gasteiger partial charge is 0.374 e. The molecule has 0 saturated heterocycles. The summed E-state index contributed by atoms with van der Waals surface area (Å²) < 4.78 is 21.7. The first kappa shape index (κ1) is 19.5. The van der Waals surface area contributed by atoms with Gasteiger partial charge in [0.2, 0.25) is 5.76 Å². The number of hydrogen-bond donors (Lipinski definition) is 0. The Morgan fingerprint density at radius 3 is 2.46 bits per heavy atom. The first-order valence-electron chi connectivity index (χ1n) is 8.90. The normalized spacial score (nSPS) is 11.2. The summed E-state index contributed by atoms with van der Waals surface area (Å²) in [7, 11) is 0. The Kier molecular flexibility index (Phi) is 5.68. The van der Waals surface area contributed by atoms with E-state index < -0.39 is 17.5 Å². The third-order valence-corrected chi connectivity index (χ3v) is 3.69. The van der Waals surface area contributed by atoms with Crippen molar-refractivity contribution in [1.29, 1.82) is 0 Å². The first-order valence-corrected chi connectivity index (χ1v) is 8.90. The van der Waals surface area contributed by atoms with Gasteiger partial charge in [-0.3, -0.25) is 0 Å². The van der Waals surface area contributed by atoms with Crippen LogP contribution in [0.3, 0.4) is 0 Å². The van der Waals surface area contributed by atoms with Gasteiger partial charge in [0, 0.05) is 5.39 Å². The SMILES string of the molecule is CC(C)(C)OC(=O)COc1cccc2cc(C(=O)OCc3ccccc3)oc12. The second-order valence-electron chi connectivity index (χ2n) is 7.22. The van der Waals surface area contributed by atoms with Gasteiger partial charge < -0.3 is 18.6 Å². The Balaban J connectivity index is 1.68. The standard InChI is InChI=1S/C22H22O6/c1-22(2,3)28-19(23)14-25-17-11-7-10-16-12-18(27-20(16)17)21(24)26-13-15-8-5-4-6-9-15/h4-12H,13-14H2,1-3H3. The van der Waals surface area contributed by atoms with E-state index in [2.05, 4.69) is 0 Å². The summed E-state index contributed by atoms with van der Waals surface area (Å²) in [6.07, 6.45) is 0. The quantitative estimate of drug-likeness (QED) is 0.584. The van der Waals surface area contributed by atoms with Crippen molar-refractivity contribution >= 4 is 22.9 Å². The lowest BCUT2D eigenvalue weighted by Gasteiger charge is -2.19. The molecule has 0 spiro atoms. The van der Waals surface area contributed by atoms with Crippen molar-refractivity contribution in [1.82, 2.24) is 0 Å². The van der Waals surface area contributed by atoms with E-state index in [1.54, 1.807) is 45.0 Å². The third kappa shape index (κ3) is 5.13. The van der Waals surface area contributed by atoms with Crippen LogP contribution in [0.5, 0.6) is 5.75 Å². The van der Waals surface area contributed by atoms with Crippen molar-refractivity contribution in [2.75, 3.05) is 6.61 Å². The molecule has 28 heavy (non-hydrogen) atoms. The number of ether oxygens (including phenoxy) is 3. The zero-order valence-corrected chi connectivity index (χ0v) is 16.1. The summed E-state index contributed by atoms with van der Waals surface area (Å²) in [5, 5.41) is 0.674. The molecule has 0 saturated carbocycles. The fourth-order valence-electron chi connectivity index (χ4n) is 2.55. The second-order valence-corrected chi connectivity index (χ2v) is 7.22. The van der Waals surface area contributed by atoms with Crippen molar-refractivity contribution in [2.24, 2.45) is 0 Å². The Morgan fingerprint density at radius 1 is 1.00 bits per heavy atom. The molecule has 0 N–H and O–H groups in total. The van der Waals surface area contributed by atoms with E-state index in [-0.39, 0.29) is 19.0 Å². The maximum Gasteiger partial charge on any atom is 0.374 e. The fourth-order valence-corrected chi connectivity index (χ4v) is 2.55. The van der Waals surface area contributed by atoms with Crippen molar-refractivity contribution in [3.8, 4) is 5.75 Å². The zero-order chi connectivity index (χ0) is 20.1. The molecule has 0 aliphatic carbocycles. The monoisotopic (exact) mass is 382 g/mol. The molecule has 1 heterocycles. The summed E-state index contributed by atoms with van der Waals surface area (Å²) in [4.78, 5) is 24.1. The molecular weight excluding hydrogens is 360 g/mol. The molecule has 2 aromatic carbocycles. The van der Waals surface area contributed by atoms with Crippen molar-refractivity contribution in [3.63, 3.8) is 0 Å². The second kappa shape index (κ2) is 8.17. The number of fused-ring (bicyclic) bond motifs is 1. The molecule has 1 aromatic heterocycles. The van der Waals surface area contributed by atoms with Crippen LogP contribution in [0.2, 0.25) is 0 Å². The minimum atomic E-state index is -0.590. The Bertz CT molecular complexity index is 966. The van der Waals surface area contributed by atoms with E-state index in [0.717, 1.165) is 5.56 Å². The van der Waals surface area contributed by atoms with Crippen LogP contribution in [0.1, 0.15) is 36.9 Å². The summed E-state index contributed by atoms with van der Waals surface area (Å²) >= 11 is 0. The van der Waals surface area contributed by atoms with Gasteiger partial charge in [0.15, 0.2) is 17.9 Å². The first-order chi connectivity index (χ1) is 13.3. The Morgan fingerprint density at radius 2 is 1.75 bits per heavy atom. The van der Waals surface area contributed by atoms with Crippen LogP contribution in [-0.4, -0.2) is 24.1 Å². The van der Waals surface area contributed by atoms with Crippen LogP contribution in [0.25, 0.3) is 11.0 Å². The molecule has 0 fully saturated rings. The number of carbonyl (C=O) groups excluding carboxylic acids is 2. The van der Waals surface area contributed by atoms with Gasteiger partial charge in [0.1, 0.15) is 12.2 Å². The lowest BCUT2D eigenvalue weighted by Crippen LogP contribution is -2.27. The number of furan rings is 1. The van der Waals surface area contributed by atoms with Gasteiger partial charge in [-0.05, 0) is 38.5 Å². The van der Waals surface area contributed by atoms with E-state index in [4.69, 9.17) is 18.6 Å². The average molecular weight is 382 g/mol. The number of carbonyl (C=O) groups is 2. The van der Waals surface area contributed by atoms with E-state index in [1.165, 1.54) is 0 Å². The summed E-state index contributed by atoms with van der Waals surface area (Å²) in [5.74, 6) is -0.638. The number of para-hydroxylation sites is 1. The number of esters is 2. The van der Waals surface area contributed by atoms with E-state index >= 15 is 0 Å². The Hall–Kier alpha value is -3.28. The molecule has 3 aromatic rings. The highest BCUT2D eigenvalue weighted by Crippen LogP contribution is 2.29. The summed E-state index contributed by atoms with van der Waals surface area (Å²) in [5.41, 5.74) is 0.665. The van der Waals surface area contributed by atoms with Crippen LogP contribution in [0.15, 0.2) is 59.0 Å². The third-order valence-electron chi connectivity index (χ3n) is 3.69. The van der Waals surface area contributed by atoms with Gasteiger partial charge >= 0.3 is 11.9 Å². The average Bonchev–Trinajstić information content (AvgIpc) is 3.09. The molecule has 0 radical (unpaired) electrons. The predicted molar refractivity (Wildman–Crippen MR) is 103 cm³/mol. The molecule has 0 amide bonds.